The molecule has 0 aromatic heterocycles. The molecular formula is C68H78BrF10NO8S5. The Balaban J connectivity index is 0.000000207. The predicted octanol–water partition coefficient (Wildman–Crippen LogP) is 19.7. The van der Waals surface area contributed by atoms with Gasteiger partial charge in [0.2, 0.25) is 29.6 Å². The van der Waals surface area contributed by atoms with E-state index in [9.17, 15) is 87.3 Å². The van der Waals surface area contributed by atoms with Crippen molar-refractivity contribution in [2.45, 2.75) is 204 Å². The van der Waals surface area contributed by atoms with Gasteiger partial charge in [0.05, 0.1) is 32.8 Å². The van der Waals surface area contributed by atoms with Crippen molar-refractivity contribution in [3.63, 3.8) is 0 Å². The number of rotatable bonds is 11. The number of sulfone groups is 1. The van der Waals surface area contributed by atoms with Crippen molar-refractivity contribution in [2.24, 2.45) is 0 Å². The van der Waals surface area contributed by atoms with Crippen LogP contribution in [0.1, 0.15) is 151 Å². The number of hydrogen-bond donors (Lipinski definition) is 3. The summed E-state index contributed by atoms with van der Waals surface area (Å²) in [6.45, 7) is 0. The van der Waals surface area contributed by atoms with Crippen LogP contribution in [0.2, 0.25) is 0 Å². The molecule has 9 nitrogen and oxygen atoms in total. The van der Waals surface area contributed by atoms with Crippen LogP contribution in [0, 0.1) is 11.3 Å². The zero-order valence-corrected chi connectivity index (χ0v) is 57.9. The average molecular weight is 1470 g/mol. The maximum absolute atomic E-state index is 13.3. The summed E-state index contributed by atoms with van der Waals surface area (Å²) in [6.07, 6.45) is 6.58. The van der Waals surface area contributed by atoms with E-state index >= 15 is 0 Å². The van der Waals surface area contributed by atoms with E-state index in [0.29, 0.717) is 11.1 Å². The number of nitriles is 1. The number of alkyl halides is 10. The summed E-state index contributed by atoms with van der Waals surface area (Å²) in [4.78, 5) is 38.3. The lowest BCUT2D eigenvalue weighted by Gasteiger charge is -2.37. The molecule has 0 spiro atoms. The number of benzene rings is 5. The van der Waals surface area contributed by atoms with Gasteiger partial charge in [-0.25, -0.2) is 52.3 Å². The Kier molecular flexibility index (Phi) is 28.5. The van der Waals surface area contributed by atoms with Crippen LogP contribution in [-0.2, 0) is 46.1 Å². The second-order valence-electron chi connectivity index (χ2n) is 24.0. The van der Waals surface area contributed by atoms with Crippen LogP contribution in [0.4, 0.5) is 43.9 Å². The number of carboxylic acids is 2. The van der Waals surface area contributed by atoms with Gasteiger partial charge in [-0.05, 0) is 171 Å². The maximum Gasteiger partial charge on any atom is 0.314 e. The standard InChI is InChI=1S/C14H15F2NS.C14H16F2O4S.C14H16F2O2S.C13H16F2OS.C7H7BrS.C6H8F2O/c1-18-12-4-2-11(3-5-12)13(10-17)6-8-14(15,16)9-7-13;1-21(19,20)11-4-2-10(3-5-11)13(12(17)18)6-8-14(15,16)9-7-13;1-19-11-4-2-10(3-5-11)13(12(17)18)6-8-14(15,16)9-7-13;1-17-11-4-2-10(3-5-11)12(16)6-8-13(14,15)9-7-12;1-9-7-4-2-6(8)3-5-7;7-6(8)3-1-5(9)2-4-6/h2-5H,6-9H2,1H3;2-5H,6-9H2,1H3,(H,17,18);2-5H,6-9H2,1H3,(H,17,18);2-5,16H,6-9H2,1H3;2-5H,1H3;1-4H2. The minimum atomic E-state index is -3.38. The zero-order valence-electron chi connectivity index (χ0n) is 52.2. The van der Waals surface area contributed by atoms with Gasteiger partial charge in [-0.15, -0.1) is 47.0 Å². The number of Topliss-reactive ketones (excluding diaryl/α,β-unsaturated/α-hetero) is 1. The van der Waals surface area contributed by atoms with E-state index < -0.39 is 86.1 Å². The summed E-state index contributed by atoms with van der Waals surface area (Å²) in [7, 11) is -3.38. The fraction of sp³-hybridized carbons (Fsp3) is 0.500. The number of carbonyl (C=O) groups excluding carboxylic acids is 1. The maximum atomic E-state index is 13.3. The number of nitrogens with zero attached hydrogens (tertiary/aromatic N) is 1. The van der Waals surface area contributed by atoms with E-state index in [4.69, 9.17) is 0 Å². The molecule has 5 aromatic rings. The van der Waals surface area contributed by atoms with Gasteiger partial charge < -0.3 is 15.3 Å². The third kappa shape index (κ3) is 23.0. The molecule has 0 amide bonds. The number of halogens is 11. The van der Waals surface area contributed by atoms with Gasteiger partial charge in [0.25, 0.3) is 0 Å². The highest BCUT2D eigenvalue weighted by Crippen LogP contribution is 2.49. The summed E-state index contributed by atoms with van der Waals surface area (Å²) >= 11 is 9.93. The molecule has 0 unspecified atom stereocenters. The molecule has 510 valence electrons. The molecule has 0 saturated heterocycles. The third-order valence-electron chi connectivity index (χ3n) is 17.7. The molecule has 5 fully saturated rings. The van der Waals surface area contributed by atoms with Crippen LogP contribution < -0.4 is 0 Å². The van der Waals surface area contributed by atoms with Crippen LogP contribution in [0.5, 0.6) is 0 Å². The first-order chi connectivity index (χ1) is 43.4. The highest BCUT2D eigenvalue weighted by atomic mass is 79.9. The minimum Gasteiger partial charge on any atom is -0.481 e. The summed E-state index contributed by atoms with van der Waals surface area (Å²) in [5, 5.41) is 38.8. The van der Waals surface area contributed by atoms with E-state index in [0.717, 1.165) is 36.5 Å². The highest BCUT2D eigenvalue weighted by Gasteiger charge is 2.51. The molecule has 3 N–H and O–H groups in total. The fourth-order valence-corrected chi connectivity index (χ4v) is 13.9. The summed E-state index contributed by atoms with van der Waals surface area (Å²) in [6, 6.07) is 38.4. The topological polar surface area (TPSA) is 170 Å². The Bertz CT molecular complexity index is 3360. The number of ketones is 1. The van der Waals surface area contributed by atoms with Gasteiger partial charge in [0.15, 0.2) is 9.84 Å². The zero-order chi connectivity index (χ0) is 69.3. The predicted molar refractivity (Wildman–Crippen MR) is 352 cm³/mol. The van der Waals surface area contributed by atoms with E-state index in [1.807, 2.05) is 91.6 Å². The molecule has 5 aliphatic carbocycles. The van der Waals surface area contributed by atoms with Crippen molar-refractivity contribution in [3.05, 3.63) is 148 Å². The molecule has 0 aliphatic heterocycles. The largest absolute Gasteiger partial charge is 0.481 e. The highest BCUT2D eigenvalue weighted by molar-refractivity contribution is 9.10. The van der Waals surface area contributed by atoms with Gasteiger partial charge in [-0.2, -0.15) is 5.26 Å². The quantitative estimate of drug-likeness (QED) is 0.0844. The fourth-order valence-electron chi connectivity index (χ4n) is 11.4. The Morgan fingerprint density at radius 2 is 0.699 bits per heavy atom. The monoisotopic (exact) mass is 1470 g/mol. The van der Waals surface area contributed by atoms with Crippen molar-refractivity contribution in [1.29, 1.82) is 5.26 Å². The summed E-state index contributed by atoms with van der Waals surface area (Å²) < 4.78 is 154. The lowest BCUT2D eigenvalue weighted by atomic mass is 9.68. The van der Waals surface area contributed by atoms with Crippen molar-refractivity contribution in [3.8, 4) is 6.07 Å². The lowest BCUT2D eigenvalue weighted by Crippen LogP contribution is -2.42. The van der Waals surface area contributed by atoms with Crippen LogP contribution in [0.3, 0.4) is 0 Å². The lowest BCUT2D eigenvalue weighted by molar-refractivity contribution is -0.150. The van der Waals surface area contributed by atoms with E-state index in [1.54, 1.807) is 59.2 Å². The number of aliphatic carboxylic acids is 2. The average Bonchev–Trinajstić information content (AvgIpc) is 0.799. The van der Waals surface area contributed by atoms with E-state index in [2.05, 4.69) is 40.4 Å². The van der Waals surface area contributed by atoms with Crippen LogP contribution in [0.15, 0.2) is 150 Å². The van der Waals surface area contributed by atoms with Crippen molar-refractivity contribution < 1.29 is 82.0 Å². The number of carbonyl (C=O) groups is 3. The van der Waals surface area contributed by atoms with Gasteiger partial charge in [0, 0.05) is 107 Å². The number of carboxylic acid groups (broad SMARTS) is 2. The Labute approximate surface area is 563 Å². The summed E-state index contributed by atoms with van der Waals surface area (Å²) in [5.41, 5.74) is -1.68. The van der Waals surface area contributed by atoms with Crippen LogP contribution >= 0.6 is 63.0 Å². The second-order valence-corrected chi connectivity index (χ2v) is 30.4. The Morgan fingerprint density at radius 3 is 0.989 bits per heavy atom. The molecule has 0 radical (unpaired) electrons. The third-order valence-corrected chi connectivity index (χ3v) is 22.3. The molecule has 25 heteroatoms. The van der Waals surface area contributed by atoms with Crippen LogP contribution in [-0.4, -0.2) is 102 Å². The molecule has 0 atom stereocenters. The van der Waals surface area contributed by atoms with Gasteiger partial charge in [-0.1, -0.05) is 64.5 Å². The molecule has 5 saturated carbocycles. The second kappa shape index (κ2) is 33.5. The molecule has 5 aliphatic rings. The minimum absolute atomic E-state index is 0.00600. The smallest absolute Gasteiger partial charge is 0.314 e. The molecule has 0 bridgehead atoms. The number of hydrogen-bond acceptors (Lipinski definition) is 11. The first-order valence-corrected chi connectivity index (χ1v) is 37.5. The first-order valence-electron chi connectivity index (χ1n) is 29.9. The molecular weight excluding hydrogens is 1390 g/mol. The SMILES string of the molecule is CS(=O)(=O)c1ccc(C2(C(=O)O)CCC(F)(F)CC2)cc1.CSc1ccc(Br)cc1.CSc1ccc(C2(C#N)CCC(F)(F)CC2)cc1.CSc1ccc(C2(C(=O)O)CCC(F)(F)CC2)cc1.CSc1ccc(C2(O)CCC(F)(F)CC2)cc1.O=C1CCC(F)(F)CC1. The van der Waals surface area contributed by atoms with Gasteiger partial charge >= 0.3 is 11.9 Å². The number of aliphatic hydroxyl groups is 1. The summed E-state index contributed by atoms with van der Waals surface area (Å²) in [5.74, 6) is -15.5. The Morgan fingerprint density at radius 1 is 0.430 bits per heavy atom. The van der Waals surface area contributed by atoms with Crippen molar-refractivity contribution in [1.82, 2.24) is 0 Å². The van der Waals surface area contributed by atoms with Crippen LogP contribution in [0.25, 0.3) is 0 Å². The molecule has 5 aromatic carbocycles. The molecule has 93 heavy (non-hydrogen) atoms. The van der Waals surface area contributed by atoms with Crippen molar-refractivity contribution in [2.75, 3.05) is 31.3 Å². The van der Waals surface area contributed by atoms with E-state index in [-0.39, 0.29) is 126 Å². The normalized spacial score (nSPS) is 20.7. The van der Waals surface area contributed by atoms with Gasteiger partial charge in [-0.3, -0.25) is 14.4 Å². The van der Waals surface area contributed by atoms with Crippen molar-refractivity contribution >= 4 is 90.5 Å². The number of thioether (sulfide) groups is 4. The molecule has 10 rings (SSSR count). The van der Waals surface area contributed by atoms with E-state index in [1.165, 1.54) is 29.2 Å². The Hall–Kier alpha value is -4.71. The first kappa shape index (κ1) is 79.0. The molecule has 0 heterocycles. The van der Waals surface area contributed by atoms with Gasteiger partial charge in [0.1, 0.15) is 5.78 Å².